The molecule has 1 saturated heterocycles. The topological polar surface area (TPSA) is 65.0 Å². The summed E-state index contributed by atoms with van der Waals surface area (Å²) in [4.78, 5) is 22.9. The van der Waals surface area contributed by atoms with Crippen LogP contribution in [0.15, 0.2) is 12.2 Å². The molecule has 0 spiro atoms. The normalized spacial score (nSPS) is 36.7. The Balaban J connectivity index is 1.95. The number of ether oxygens (including phenoxy) is 1. The summed E-state index contributed by atoms with van der Waals surface area (Å²) in [5.74, 6) is -0.637. The second-order valence-electron chi connectivity index (χ2n) is 8.72. The van der Waals surface area contributed by atoms with E-state index in [1.807, 2.05) is 6.92 Å². The Morgan fingerprint density at radius 2 is 2.04 bits per heavy atom. The summed E-state index contributed by atoms with van der Waals surface area (Å²) in [6.45, 7) is 12.2. The van der Waals surface area contributed by atoms with Gasteiger partial charge in [-0.2, -0.15) is 0 Å². The molecular weight excluding hydrogens is 320 g/mol. The Morgan fingerprint density at radius 1 is 1.36 bits per heavy atom. The molecule has 0 bridgehead atoms. The molecule has 1 aliphatic carbocycles. The molecule has 2 aliphatic rings. The van der Waals surface area contributed by atoms with Crippen LogP contribution >= 0.6 is 0 Å². The van der Waals surface area contributed by atoms with Gasteiger partial charge in [0.05, 0.1) is 18.6 Å². The fourth-order valence-corrected chi connectivity index (χ4v) is 4.15. The van der Waals surface area contributed by atoms with Crippen LogP contribution in [-0.2, 0) is 19.3 Å². The van der Waals surface area contributed by atoms with Crippen molar-refractivity contribution in [2.75, 3.05) is 7.11 Å². The highest BCUT2D eigenvalue weighted by atomic mass is 17.2. The van der Waals surface area contributed by atoms with Crippen LogP contribution in [0, 0.1) is 11.3 Å². The van der Waals surface area contributed by atoms with E-state index in [0.29, 0.717) is 12.8 Å². The molecule has 5 nitrogen and oxygen atoms in total. The molecule has 0 aromatic carbocycles. The molecular formula is C20H34O5. The lowest BCUT2D eigenvalue weighted by atomic mass is 9.61. The zero-order valence-corrected chi connectivity index (χ0v) is 16.4. The van der Waals surface area contributed by atoms with Gasteiger partial charge in [-0.25, -0.2) is 9.78 Å². The molecule has 1 N–H and O–H groups in total. The number of hydrogen-bond acceptors (Lipinski definition) is 5. The van der Waals surface area contributed by atoms with Crippen LogP contribution in [0.1, 0.15) is 72.6 Å². The predicted octanol–water partition coefficient (Wildman–Crippen LogP) is 3.94. The summed E-state index contributed by atoms with van der Waals surface area (Å²) in [5.41, 5.74) is -0.582. The summed E-state index contributed by atoms with van der Waals surface area (Å²) >= 11 is 0. The maximum Gasteiger partial charge on any atom is 0.311 e. The quantitative estimate of drug-likeness (QED) is 0.460. The van der Waals surface area contributed by atoms with E-state index in [0.717, 1.165) is 37.7 Å². The van der Waals surface area contributed by atoms with Crippen molar-refractivity contribution in [3.63, 3.8) is 0 Å². The lowest BCUT2D eigenvalue weighted by Crippen LogP contribution is -2.50. The molecule has 0 amide bonds. The summed E-state index contributed by atoms with van der Waals surface area (Å²) in [7, 11) is 1.38. The molecule has 1 aliphatic heterocycles. The van der Waals surface area contributed by atoms with Gasteiger partial charge in [0.25, 0.3) is 0 Å². The SMILES string of the molecule is C=C1CCCC(C)(C)[C@@]1(O)CC[C@@]1(C)CC[C@@H]([C@H](C)C(=O)OC)OO1. The highest BCUT2D eigenvalue weighted by molar-refractivity contribution is 5.72. The summed E-state index contributed by atoms with van der Waals surface area (Å²) in [6.07, 6.45) is 5.48. The maximum atomic E-state index is 11.7. The molecule has 5 heteroatoms. The number of carbonyl (C=O) groups is 1. The molecule has 0 radical (unpaired) electrons. The molecule has 2 fully saturated rings. The minimum Gasteiger partial charge on any atom is -0.469 e. The Labute approximate surface area is 151 Å². The average molecular weight is 354 g/mol. The van der Waals surface area contributed by atoms with Gasteiger partial charge in [-0.05, 0) is 69.8 Å². The van der Waals surface area contributed by atoms with E-state index < -0.39 is 11.2 Å². The molecule has 4 atom stereocenters. The van der Waals surface area contributed by atoms with Crippen molar-refractivity contribution in [1.29, 1.82) is 0 Å². The van der Waals surface area contributed by atoms with Crippen molar-refractivity contribution in [3.05, 3.63) is 12.2 Å². The first kappa shape index (κ1) is 20.4. The molecule has 144 valence electrons. The number of aliphatic hydroxyl groups is 1. The third kappa shape index (κ3) is 4.09. The second-order valence-corrected chi connectivity index (χ2v) is 8.72. The molecule has 1 heterocycles. The smallest absolute Gasteiger partial charge is 0.311 e. The van der Waals surface area contributed by atoms with Gasteiger partial charge in [-0.1, -0.05) is 20.4 Å². The van der Waals surface area contributed by atoms with E-state index >= 15 is 0 Å². The summed E-state index contributed by atoms with van der Waals surface area (Å²) < 4.78 is 4.77. The fourth-order valence-electron chi connectivity index (χ4n) is 4.15. The third-order valence-corrected chi connectivity index (χ3v) is 6.46. The molecule has 0 aromatic rings. The number of hydrogen-bond donors (Lipinski definition) is 1. The Kier molecular flexibility index (Phi) is 6.02. The maximum absolute atomic E-state index is 11.7. The minimum atomic E-state index is -0.867. The van der Waals surface area contributed by atoms with E-state index in [2.05, 4.69) is 20.4 Å². The average Bonchev–Trinajstić information content (AvgIpc) is 2.57. The first-order valence-corrected chi connectivity index (χ1v) is 9.38. The summed E-state index contributed by atoms with van der Waals surface area (Å²) in [5, 5.41) is 11.3. The van der Waals surface area contributed by atoms with Gasteiger partial charge in [0.15, 0.2) is 0 Å². The van der Waals surface area contributed by atoms with Crippen LogP contribution in [0.25, 0.3) is 0 Å². The van der Waals surface area contributed by atoms with Crippen LogP contribution in [-0.4, -0.2) is 35.5 Å². The van der Waals surface area contributed by atoms with Crippen LogP contribution < -0.4 is 0 Å². The highest BCUT2D eigenvalue weighted by Crippen LogP contribution is 2.50. The zero-order chi connectivity index (χ0) is 18.9. The van der Waals surface area contributed by atoms with Gasteiger partial charge in [0, 0.05) is 0 Å². The number of rotatable bonds is 5. The number of methoxy groups -OCH3 is 1. The first-order chi connectivity index (χ1) is 11.5. The third-order valence-electron chi connectivity index (χ3n) is 6.46. The van der Waals surface area contributed by atoms with Gasteiger partial charge in [0.2, 0.25) is 0 Å². The monoisotopic (exact) mass is 354 g/mol. The van der Waals surface area contributed by atoms with Crippen LogP contribution in [0.5, 0.6) is 0 Å². The number of esters is 1. The van der Waals surface area contributed by atoms with E-state index in [-0.39, 0.29) is 23.4 Å². The molecule has 1 saturated carbocycles. The van der Waals surface area contributed by atoms with Crippen molar-refractivity contribution in [2.24, 2.45) is 11.3 Å². The van der Waals surface area contributed by atoms with Gasteiger partial charge < -0.3 is 9.84 Å². The fraction of sp³-hybridized carbons (Fsp3) is 0.850. The summed E-state index contributed by atoms with van der Waals surface area (Å²) in [6, 6.07) is 0. The second kappa shape index (κ2) is 7.37. The van der Waals surface area contributed by atoms with E-state index in [1.165, 1.54) is 7.11 Å². The van der Waals surface area contributed by atoms with Crippen molar-refractivity contribution in [2.45, 2.75) is 89.9 Å². The van der Waals surface area contributed by atoms with Crippen LogP contribution in [0.4, 0.5) is 0 Å². The standard InChI is InChI=1S/C20H34O5/c1-14-8-7-10-18(3,4)20(14,22)13-12-19(5)11-9-16(24-25-19)15(2)17(21)23-6/h15-16,22H,1,7-13H2,2-6H3/t15-,16-,19+,20+/m0/s1. The Bertz CT molecular complexity index is 504. The number of carbonyl (C=O) groups excluding carboxylic acids is 1. The first-order valence-electron chi connectivity index (χ1n) is 9.38. The zero-order valence-electron chi connectivity index (χ0n) is 16.4. The van der Waals surface area contributed by atoms with Gasteiger partial charge in [-0.15, -0.1) is 0 Å². The van der Waals surface area contributed by atoms with Crippen molar-refractivity contribution in [1.82, 2.24) is 0 Å². The van der Waals surface area contributed by atoms with Crippen LogP contribution in [0.3, 0.4) is 0 Å². The van der Waals surface area contributed by atoms with E-state index in [1.54, 1.807) is 6.92 Å². The van der Waals surface area contributed by atoms with Crippen molar-refractivity contribution in [3.8, 4) is 0 Å². The predicted molar refractivity (Wildman–Crippen MR) is 95.7 cm³/mol. The molecule has 25 heavy (non-hydrogen) atoms. The van der Waals surface area contributed by atoms with Gasteiger partial charge in [-0.3, -0.25) is 4.79 Å². The highest BCUT2D eigenvalue weighted by Gasteiger charge is 2.49. The van der Waals surface area contributed by atoms with Crippen molar-refractivity contribution >= 4 is 5.97 Å². The Morgan fingerprint density at radius 3 is 2.56 bits per heavy atom. The van der Waals surface area contributed by atoms with Crippen molar-refractivity contribution < 1.29 is 24.4 Å². The van der Waals surface area contributed by atoms with Crippen LogP contribution in [0.2, 0.25) is 0 Å². The minimum absolute atomic E-state index is 0.184. The van der Waals surface area contributed by atoms with E-state index in [9.17, 15) is 9.90 Å². The molecule has 2 rings (SSSR count). The van der Waals surface area contributed by atoms with Gasteiger partial charge >= 0.3 is 5.97 Å². The largest absolute Gasteiger partial charge is 0.469 e. The molecule has 0 unspecified atom stereocenters. The lowest BCUT2D eigenvalue weighted by Gasteiger charge is -2.49. The molecule has 0 aromatic heterocycles. The lowest BCUT2D eigenvalue weighted by molar-refractivity contribution is -0.412. The van der Waals surface area contributed by atoms with Gasteiger partial charge in [0.1, 0.15) is 11.7 Å². The van der Waals surface area contributed by atoms with E-state index in [4.69, 9.17) is 14.5 Å². The Hall–Kier alpha value is -0.910.